The first-order valence-corrected chi connectivity index (χ1v) is 34.0. The SMILES string of the molecule is CCCCC/C=C\C/C=C\CCCCCCCCCCCC(=O)OC(COC(=O)CCCCCCCCCCCC)COC(=O)CCCCCCCCCCCCCCCCCCC/C=C\CCCCCCCCCC. The normalized spacial score (nSPS) is 12.2. The number of carbonyl (C=O) groups is 3. The largest absolute Gasteiger partial charge is 0.462 e. The number of ether oxygens (including phenoxy) is 3. The Morgan fingerprint density at radius 2 is 0.474 bits per heavy atom. The predicted molar refractivity (Wildman–Crippen MR) is 330 cm³/mol. The van der Waals surface area contributed by atoms with Crippen LogP contribution in [0.2, 0.25) is 0 Å². The van der Waals surface area contributed by atoms with Gasteiger partial charge in [0.2, 0.25) is 0 Å². The van der Waals surface area contributed by atoms with E-state index in [1.54, 1.807) is 0 Å². The number of rotatable bonds is 63. The van der Waals surface area contributed by atoms with Crippen molar-refractivity contribution in [3.63, 3.8) is 0 Å². The third-order valence-corrected chi connectivity index (χ3v) is 15.4. The lowest BCUT2D eigenvalue weighted by Gasteiger charge is -2.18. The van der Waals surface area contributed by atoms with E-state index in [1.165, 1.54) is 270 Å². The topological polar surface area (TPSA) is 78.9 Å². The maximum Gasteiger partial charge on any atom is 0.306 e. The Balaban J connectivity index is 4.12. The Labute approximate surface area is 474 Å². The second-order valence-corrected chi connectivity index (χ2v) is 23.1. The van der Waals surface area contributed by atoms with Gasteiger partial charge in [0.1, 0.15) is 13.2 Å². The lowest BCUT2D eigenvalue weighted by atomic mass is 10.0. The predicted octanol–water partition coefficient (Wildman–Crippen LogP) is 23.2. The number of unbranched alkanes of at least 4 members (excludes halogenated alkanes) is 46. The lowest BCUT2D eigenvalue weighted by Crippen LogP contribution is -2.30. The molecule has 6 nitrogen and oxygen atoms in total. The molecule has 76 heavy (non-hydrogen) atoms. The maximum absolute atomic E-state index is 12.9. The van der Waals surface area contributed by atoms with Crippen LogP contribution < -0.4 is 0 Å². The van der Waals surface area contributed by atoms with Gasteiger partial charge in [0.25, 0.3) is 0 Å². The van der Waals surface area contributed by atoms with Gasteiger partial charge in [-0.15, -0.1) is 0 Å². The molecule has 0 aliphatic rings. The van der Waals surface area contributed by atoms with Crippen LogP contribution in [0, 0.1) is 0 Å². The molecule has 0 rings (SSSR count). The summed E-state index contributed by atoms with van der Waals surface area (Å²) in [4.78, 5) is 38.3. The molecule has 0 N–H and O–H groups in total. The van der Waals surface area contributed by atoms with E-state index in [1.807, 2.05) is 0 Å². The van der Waals surface area contributed by atoms with Crippen LogP contribution in [0.5, 0.6) is 0 Å². The van der Waals surface area contributed by atoms with Gasteiger partial charge in [-0.1, -0.05) is 314 Å². The molecule has 0 saturated carbocycles. The second kappa shape index (κ2) is 65.2. The van der Waals surface area contributed by atoms with Crippen molar-refractivity contribution >= 4 is 17.9 Å². The molecule has 6 heteroatoms. The number of hydrogen-bond donors (Lipinski definition) is 0. The average molecular weight is 1070 g/mol. The second-order valence-electron chi connectivity index (χ2n) is 23.1. The van der Waals surface area contributed by atoms with Gasteiger partial charge in [-0.3, -0.25) is 14.4 Å². The summed E-state index contributed by atoms with van der Waals surface area (Å²) in [5.41, 5.74) is 0. The van der Waals surface area contributed by atoms with E-state index in [0.717, 1.165) is 64.2 Å². The average Bonchev–Trinajstić information content (AvgIpc) is 3.42. The first kappa shape index (κ1) is 73.6. The number of carbonyl (C=O) groups excluding carboxylic acids is 3. The molecule has 446 valence electrons. The Bertz CT molecular complexity index is 1270. The summed E-state index contributed by atoms with van der Waals surface area (Å²) in [6.45, 7) is 6.66. The molecule has 0 saturated heterocycles. The van der Waals surface area contributed by atoms with Crippen molar-refractivity contribution in [2.45, 2.75) is 380 Å². The molecular formula is C70H130O6. The van der Waals surface area contributed by atoms with Crippen LogP contribution >= 0.6 is 0 Å². The summed E-state index contributed by atoms with van der Waals surface area (Å²) in [5, 5.41) is 0. The van der Waals surface area contributed by atoms with E-state index in [4.69, 9.17) is 14.2 Å². The molecule has 0 fully saturated rings. The molecule has 0 aromatic heterocycles. The molecule has 0 aromatic rings. The molecule has 0 amide bonds. The summed E-state index contributed by atoms with van der Waals surface area (Å²) in [5.74, 6) is -0.850. The van der Waals surface area contributed by atoms with Crippen LogP contribution in [0.15, 0.2) is 36.5 Å². The van der Waals surface area contributed by atoms with Crippen LogP contribution in [0.1, 0.15) is 374 Å². The van der Waals surface area contributed by atoms with Crippen LogP contribution in [0.25, 0.3) is 0 Å². The van der Waals surface area contributed by atoms with Crippen molar-refractivity contribution in [1.82, 2.24) is 0 Å². The highest BCUT2D eigenvalue weighted by Crippen LogP contribution is 2.18. The van der Waals surface area contributed by atoms with Gasteiger partial charge >= 0.3 is 17.9 Å². The van der Waals surface area contributed by atoms with Crippen molar-refractivity contribution in [1.29, 1.82) is 0 Å². The van der Waals surface area contributed by atoms with Gasteiger partial charge in [0, 0.05) is 19.3 Å². The highest BCUT2D eigenvalue weighted by atomic mass is 16.6. The Kier molecular flexibility index (Phi) is 63.1. The van der Waals surface area contributed by atoms with Gasteiger partial charge in [-0.25, -0.2) is 0 Å². The van der Waals surface area contributed by atoms with Gasteiger partial charge in [0.15, 0.2) is 6.10 Å². The van der Waals surface area contributed by atoms with Crippen molar-refractivity contribution < 1.29 is 28.6 Å². The van der Waals surface area contributed by atoms with Crippen LogP contribution in [-0.4, -0.2) is 37.2 Å². The van der Waals surface area contributed by atoms with Gasteiger partial charge < -0.3 is 14.2 Å². The van der Waals surface area contributed by atoms with E-state index in [0.29, 0.717) is 19.3 Å². The first-order valence-electron chi connectivity index (χ1n) is 34.0. The number of allylic oxidation sites excluding steroid dienone is 6. The first-order chi connectivity index (χ1) is 37.5. The quantitative estimate of drug-likeness (QED) is 0.0261. The minimum Gasteiger partial charge on any atom is -0.462 e. The third-order valence-electron chi connectivity index (χ3n) is 15.4. The molecule has 0 aliphatic carbocycles. The third kappa shape index (κ3) is 62.5. The highest BCUT2D eigenvalue weighted by molar-refractivity contribution is 5.71. The van der Waals surface area contributed by atoms with E-state index in [-0.39, 0.29) is 31.1 Å². The standard InChI is InChI=1S/C70H130O6/c1-4-7-10-13-16-19-22-24-26-28-30-31-32-33-34-35-36-37-38-39-41-42-44-46-48-51-54-57-60-63-69(72)75-66-67(65-74-68(71)62-59-56-53-50-21-18-15-12-9-6-3)76-70(73)64-61-58-55-52-49-47-45-43-40-29-27-25-23-20-17-14-11-8-5-2/h17,20,25,27-28,30,67H,4-16,18-19,21-24,26,29,31-66H2,1-3H3/b20-17-,27-25-,30-28-. The van der Waals surface area contributed by atoms with Crippen molar-refractivity contribution in [3.05, 3.63) is 36.5 Å². The Morgan fingerprint density at radius 3 is 0.763 bits per heavy atom. The van der Waals surface area contributed by atoms with E-state index < -0.39 is 6.10 Å². The summed E-state index contributed by atoms with van der Waals surface area (Å²) < 4.78 is 16.9. The summed E-state index contributed by atoms with van der Waals surface area (Å²) >= 11 is 0. The van der Waals surface area contributed by atoms with Gasteiger partial charge in [0.05, 0.1) is 0 Å². The fourth-order valence-corrected chi connectivity index (χ4v) is 10.2. The summed E-state index contributed by atoms with van der Waals surface area (Å²) in [7, 11) is 0. The minimum atomic E-state index is -0.771. The molecule has 0 heterocycles. The maximum atomic E-state index is 12.9. The van der Waals surface area contributed by atoms with Crippen molar-refractivity contribution in [3.8, 4) is 0 Å². The van der Waals surface area contributed by atoms with Crippen LogP contribution in [0.3, 0.4) is 0 Å². The number of esters is 3. The van der Waals surface area contributed by atoms with Crippen molar-refractivity contribution in [2.24, 2.45) is 0 Å². The molecule has 0 bridgehead atoms. The van der Waals surface area contributed by atoms with Crippen LogP contribution in [0.4, 0.5) is 0 Å². The van der Waals surface area contributed by atoms with E-state index in [9.17, 15) is 14.4 Å². The smallest absolute Gasteiger partial charge is 0.306 e. The molecular weight excluding hydrogens is 937 g/mol. The molecule has 1 unspecified atom stereocenters. The lowest BCUT2D eigenvalue weighted by molar-refractivity contribution is -0.167. The fraction of sp³-hybridized carbons (Fsp3) is 0.871. The molecule has 1 atom stereocenters. The van der Waals surface area contributed by atoms with Gasteiger partial charge in [-0.2, -0.15) is 0 Å². The zero-order valence-electron chi connectivity index (χ0n) is 51.3. The van der Waals surface area contributed by atoms with Crippen molar-refractivity contribution in [2.75, 3.05) is 13.2 Å². The highest BCUT2D eigenvalue weighted by Gasteiger charge is 2.19. The van der Waals surface area contributed by atoms with E-state index >= 15 is 0 Å². The zero-order valence-corrected chi connectivity index (χ0v) is 51.3. The monoisotopic (exact) mass is 1070 g/mol. The van der Waals surface area contributed by atoms with Crippen LogP contribution in [-0.2, 0) is 28.6 Å². The Hall–Kier alpha value is -2.37. The molecule has 0 aromatic carbocycles. The Morgan fingerprint density at radius 1 is 0.263 bits per heavy atom. The minimum absolute atomic E-state index is 0.0688. The summed E-state index contributed by atoms with van der Waals surface area (Å²) in [6.07, 6.45) is 80.3. The molecule has 0 spiro atoms. The van der Waals surface area contributed by atoms with E-state index in [2.05, 4.69) is 57.2 Å². The molecule has 0 radical (unpaired) electrons. The summed E-state index contributed by atoms with van der Waals surface area (Å²) in [6, 6.07) is 0. The zero-order chi connectivity index (χ0) is 55.0. The number of hydrogen-bond acceptors (Lipinski definition) is 6. The molecule has 0 aliphatic heterocycles. The van der Waals surface area contributed by atoms with Gasteiger partial charge in [-0.05, 0) is 77.0 Å². The fourth-order valence-electron chi connectivity index (χ4n) is 10.2.